The minimum absolute atomic E-state index is 0.824. The van der Waals surface area contributed by atoms with Gasteiger partial charge in [0.25, 0.3) is 0 Å². The summed E-state index contributed by atoms with van der Waals surface area (Å²) in [6, 6.07) is 0. The van der Waals surface area contributed by atoms with Crippen LogP contribution in [0.15, 0.2) is 17.4 Å². The summed E-state index contributed by atoms with van der Waals surface area (Å²) in [6.07, 6.45) is 4.99. The van der Waals surface area contributed by atoms with E-state index in [0.29, 0.717) is 0 Å². The van der Waals surface area contributed by atoms with Gasteiger partial charge in [-0.3, -0.25) is 9.67 Å². The summed E-state index contributed by atoms with van der Waals surface area (Å²) < 4.78 is 1.93. The third kappa shape index (κ3) is 4.33. The van der Waals surface area contributed by atoms with E-state index in [-0.39, 0.29) is 0 Å². The molecule has 0 amide bonds. The predicted octanol–water partition coefficient (Wildman–Crippen LogP) is 0.767. The van der Waals surface area contributed by atoms with Crippen LogP contribution >= 0.6 is 0 Å². The van der Waals surface area contributed by atoms with Crippen molar-refractivity contribution in [2.24, 2.45) is 4.99 Å². The minimum atomic E-state index is 0.824. The lowest BCUT2D eigenvalue weighted by Crippen LogP contribution is -2.39. The van der Waals surface area contributed by atoms with E-state index < -0.39 is 0 Å². The maximum Gasteiger partial charge on any atom is 0.191 e. The second kappa shape index (κ2) is 6.87. The molecule has 0 aromatic carbocycles. The summed E-state index contributed by atoms with van der Waals surface area (Å²) >= 11 is 0. The van der Waals surface area contributed by atoms with Crippen LogP contribution in [0.25, 0.3) is 0 Å². The van der Waals surface area contributed by atoms with Crippen molar-refractivity contribution in [3.05, 3.63) is 18.0 Å². The van der Waals surface area contributed by atoms with Gasteiger partial charge in [-0.05, 0) is 18.9 Å². The summed E-state index contributed by atoms with van der Waals surface area (Å²) in [7, 11) is 1.78. The third-order valence-electron chi connectivity index (χ3n) is 2.16. The molecule has 0 fully saturated rings. The zero-order valence-electron chi connectivity index (χ0n) is 10.3. The van der Waals surface area contributed by atoms with E-state index in [1.165, 1.54) is 5.56 Å². The molecule has 0 radical (unpaired) electrons. The molecular weight excluding hydrogens is 202 g/mol. The predicted molar refractivity (Wildman–Crippen MR) is 66.6 cm³/mol. The molecule has 1 aromatic rings. The van der Waals surface area contributed by atoms with Gasteiger partial charge >= 0.3 is 0 Å². The molecule has 1 aromatic heterocycles. The minimum Gasteiger partial charge on any atom is -0.356 e. The molecule has 2 N–H and O–H groups in total. The highest BCUT2D eigenvalue weighted by atomic mass is 15.3. The molecule has 5 heteroatoms. The Morgan fingerprint density at radius 1 is 1.44 bits per heavy atom. The first kappa shape index (κ1) is 12.5. The number of aromatic nitrogens is 2. The Kier molecular flexibility index (Phi) is 5.39. The number of nitrogens with one attached hydrogen (secondary N) is 2. The van der Waals surface area contributed by atoms with Gasteiger partial charge in [0, 0.05) is 26.3 Å². The molecule has 0 saturated heterocycles. The van der Waals surface area contributed by atoms with Crippen molar-refractivity contribution < 1.29 is 0 Å². The zero-order chi connectivity index (χ0) is 11.8. The van der Waals surface area contributed by atoms with Gasteiger partial charge < -0.3 is 10.6 Å². The molecule has 0 spiro atoms. The van der Waals surface area contributed by atoms with Crippen molar-refractivity contribution in [3.8, 4) is 0 Å². The lowest BCUT2D eigenvalue weighted by molar-refractivity contribution is 0.597. The summed E-state index contributed by atoms with van der Waals surface area (Å²) in [5.41, 5.74) is 1.19. The quantitative estimate of drug-likeness (QED) is 0.572. The van der Waals surface area contributed by atoms with Crippen LogP contribution in [0.2, 0.25) is 0 Å². The molecule has 1 rings (SSSR count). The van der Waals surface area contributed by atoms with Crippen molar-refractivity contribution in [1.82, 2.24) is 20.4 Å². The molecule has 0 unspecified atom stereocenters. The highest BCUT2D eigenvalue weighted by molar-refractivity contribution is 5.79. The Morgan fingerprint density at radius 2 is 2.19 bits per heavy atom. The second-order valence-electron chi connectivity index (χ2n) is 3.71. The molecule has 0 aliphatic carbocycles. The normalized spacial score (nSPS) is 11.6. The number of aliphatic imine (C=N–C) groups is 1. The first-order valence-electron chi connectivity index (χ1n) is 5.70. The van der Waals surface area contributed by atoms with Crippen LogP contribution in [0.5, 0.6) is 0 Å². The Morgan fingerprint density at radius 3 is 2.75 bits per heavy atom. The Bertz CT molecular complexity index is 329. The van der Waals surface area contributed by atoms with E-state index in [0.717, 1.165) is 32.0 Å². The molecule has 0 aliphatic heterocycles. The number of nitrogens with zero attached hydrogens (tertiary/aromatic N) is 3. The second-order valence-corrected chi connectivity index (χ2v) is 3.71. The maximum absolute atomic E-state index is 4.22. The summed E-state index contributed by atoms with van der Waals surface area (Å²) in [4.78, 5) is 4.13. The molecule has 1 heterocycles. The van der Waals surface area contributed by atoms with Crippen molar-refractivity contribution >= 4 is 5.96 Å². The SMILES string of the molecule is CCCNC(=NC)NCCn1cc(C)cn1. The molecule has 0 aliphatic rings. The number of hydrogen-bond donors (Lipinski definition) is 2. The van der Waals surface area contributed by atoms with Crippen LogP contribution in [-0.2, 0) is 6.54 Å². The standard InChI is InChI=1S/C11H21N5/c1-4-5-13-11(12-3)14-6-7-16-9-10(2)8-15-16/h8-9H,4-7H2,1-3H3,(H2,12,13,14). The Labute approximate surface area is 97.0 Å². The van der Waals surface area contributed by atoms with Crippen molar-refractivity contribution in [3.63, 3.8) is 0 Å². The van der Waals surface area contributed by atoms with Crippen LogP contribution in [-0.4, -0.2) is 35.9 Å². The van der Waals surface area contributed by atoms with Gasteiger partial charge in [-0.15, -0.1) is 0 Å². The lowest BCUT2D eigenvalue weighted by Gasteiger charge is -2.10. The first-order chi connectivity index (χ1) is 7.76. The smallest absolute Gasteiger partial charge is 0.191 e. The summed E-state index contributed by atoms with van der Waals surface area (Å²) in [5.74, 6) is 0.853. The number of hydrogen-bond acceptors (Lipinski definition) is 2. The topological polar surface area (TPSA) is 54.2 Å². The van der Waals surface area contributed by atoms with E-state index in [2.05, 4.69) is 27.6 Å². The molecule has 0 atom stereocenters. The number of rotatable bonds is 5. The molecular formula is C11H21N5. The fourth-order valence-corrected chi connectivity index (χ4v) is 1.34. The largest absolute Gasteiger partial charge is 0.356 e. The monoisotopic (exact) mass is 223 g/mol. The van der Waals surface area contributed by atoms with Crippen LogP contribution in [0.1, 0.15) is 18.9 Å². The van der Waals surface area contributed by atoms with Gasteiger partial charge in [-0.2, -0.15) is 5.10 Å². The van der Waals surface area contributed by atoms with Crippen LogP contribution < -0.4 is 10.6 Å². The zero-order valence-corrected chi connectivity index (χ0v) is 10.3. The van der Waals surface area contributed by atoms with Crippen molar-refractivity contribution in [2.75, 3.05) is 20.1 Å². The summed E-state index contributed by atoms with van der Waals surface area (Å²) in [5, 5.41) is 10.7. The van der Waals surface area contributed by atoms with Gasteiger partial charge in [0.2, 0.25) is 0 Å². The average Bonchev–Trinajstić information content (AvgIpc) is 2.69. The summed E-state index contributed by atoms with van der Waals surface area (Å²) in [6.45, 7) is 6.79. The van der Waals surface area contributed by atoms with E-state index in [9.17, 15) is 0 Å². The van der Waals surface area contributed by atoms with Crippen molar-refractivity contribution in [1.29, 1.82) is 0 Å². The fraction of sp³-hybridized carbons (Fsp3) is 0.636. The molecule has 0 bridgehead atoms. The van der Waals surface area contributed by atoms with E-state index >= 15 is 0 Å². The average molecular weight is 223 g/mol. The Hall–Kier alpha value is -1.52. The van der Waals surface area contributed by atoms with Crippen molar-refractivity contribution in [2.45, 2.75) is 26.8 Å². The van der Waals surface area contributed by atoms with E-state index in [1.807, 2.05) is 24.0 Å². The van der Waals surface area contributed by atoms with Gasteiger partial charge in [0.05, 0.1) is 12.7 Å². The lowest BCUT2D eigenvalue weighted by atomic mass is 10.4. The molecule has 0 saturated carbocycles. The molecule has 16 heavy (non-hydrogen) atoms. The van der Waals surface area contributed by atoms with Crippen LogP contribution in [0.3, 0.4) is 0 Å². The highest BCUT2D eigenvalue weighted by Crippen LogP contribution is 1.92. The van der Waals surface area contributed by atoms with Gasteiger partial charge in [-0.25, -0.2) is 0 Å². The first-order valence-corrected chi connectivity index (χ1v) is 5.70. The third-order valence-corrected chi connectivity index (χ3v) is 2.16. The van der Waals surface area contributed by atoms with E-state index in [4.69, 9.17) is 0 Å². The molecule has 90 valence electrons. The number of guanidine groups is 1. The highest BCUT2D eigenvalue weighted by Gasteiger charge is 1.96. The van der Waals surface area contributed by atoms with Gasteiger partial charge in [0.15, 0.2) is 5.96 Å². The molecule has 5 nitrogen and oxygen atoms in total. The van der Waals surface area contributed by atoms with Gasteiger partial charge in [0.1, 0.15) is 0 Å². The number of aryl methyl sites for hydroxylation is 1. The Balaban J connectivity index is 2.23. The van der Waals surface area contributed by atoms with E-state index in [1.54, 1.807) is 7.05 Å². The van der Waals surface area contributed by atoms with Crippen LogP contribution in [0, 0.1) is 6.92 Å². The van der Waals surface area contributed by atoms with Crippen LogP contribution in [0.4, 0.5) is 0 Å². The maximum atomic E-state index is 4.22. The van der Waals surface area contributed by atoms with Gasteiger partial charge in [-0.1, -0.05) is 6.92 Å². The fourth-order valence-electron chi connectivity index (χ4n) is 1.34.